The maximum atomic E-state index is 12.1. The Labute approximate surface area is 75.6 Å². The second kappa shape index (κ2) is 4.91. The van der Waals surface area contributed by atoms with Gasteiger partial charge in [-0.15, -0.1) is 0 Å². The average Bonchev–Trinajstić information content (AvgIpc) is 2.53. The summed E-state index contributed by atoms with van der Waals surface area (Å²) in [5.41, 5.74) is -0.0977. The predicted octanol–water partition coefficient (Wildman–Crippen LogP) is 1.50. The number of hydrogen-bond acceptors (Lipinski definition) is 2. The van der Waals surface area contributed by atoms with Gasteiger partial charge in [-0.2, -0.15) is 0 Å². The molecule has 0 fully saturated rings. The van der Waals surface area contributed by atoms with Crippen molar-refractivity contribution in [2.45, 2.75) is 19.3 Å². The molecule has 0 aliphatic rings. The van der Waals surface area contributed by atoms with Crippen molar-refractivity contribution in [3.8, 4) is 0 Å². The van der Waals surface area contributed by atoms with E-state index in [1.807, 2.05) is 7.05 Å². The van der Waals surface area contributed by atoms with Gasteiger partial charge in [-0.25, -0.2) is 13.8 Å². The van der Waals surface area contributed by atoms with Gasteiger partial charge in [-0.3, -0.25) is 0 Å². The molecule has 3 nitrogen and oxygen atoms in total. The van der Waals surface area contributed by atoms with Crippen LogP contribution in [-0.4, -0.2) is 23.6 Å². The number of rotatable bonds is 5. The molecule has 0 saturated heterocycles. The van der Waals surface area contributed by atoms with E-state index in [1.165, 1.54) is 6.20 Å². The molecule has 1 heterocycles. The molecule has 0 bridgehead atoms. The molecular formula is C8H13F2N3. The van der Waals surface area contributed by atoms with Gasteiger partial charge >= 0.3 is 0 Å². The summed E-state index contributed by atoms with van der Waals surface area (Å²) in [5.74, 6) is 0.630. The SMILES string of the molecule is CNCCCc1ncc(C(F)F)[nH]1. The van der Waals surface area contributed by atoms with E-state index in [9.17, 15) is 8.78 Å². The molecule has 0 unspecified atom stereocenters. The van der Waals surface area contributed by atoms with Crippen LogP contribution in [0.3, 0.4) is 0 Å². The third-order valence-corrected chi connectivity index (χ3v) is 1.72. The number of imidazole rings is 1. The predicted molar refractivity (Wildman–Crippen MR) is 45.8 cm³/mol. The average molecular weight is 189 g/mol. The summed E-state index contributed by atoms with van der Waals surface area (Å²) in [6.07, 6.45) is 0.338. The molecule has 2 N–H and O–H groups in total. The Morgan fingerprint density at radius 3 is 2.92 bits per heavy atom. The van der Waals surface area contributed by atoms with E-state index in [1.54, 1.807) is 0 Å². The zero-order chi connectivity index (χ0) is 9.68. The van der Waals surface area contributed by atoms with E-state index >= 15 is 0 Å². The molecule has 0 aliphatic heterocycles. The van der Waals surface area contributed by atoms with Crippen LogP contribution >= 0.6 is 0 Å². The summed E-state index contributed by atoms with van der Waals surface area (Å²) in [4.78, 5) is 6.43. The Morgan fingerprint density at radius 2 is 2.38 bits per heavy atom. The molecule has 1 rings (SSSR count). The summed E-state index contributed by atoms with van der Waals surface area (Å²) in [6.45, 7) is 0.866. The van der Waals surface area contributed by atoms with Crippen LogP contribution in [0, 0.1) is 0 Å². The van der Waals surface area contributed by atoms with Gasteiger partial charge in [-0.1, -0.05) is 0 Å². The lowest BCUT2D eigenvalue weighted by Gasteiger charge is -1.96. The highest BCUT2D eigenvalue weighted by atomic mass is 19.3. The first-order chi connectivity index (χ1) is 6.24. The minimum absolute atomic E-state index is 0.0977. The number of H-pyrrole nitrogens is 1. The summed E-state index contributed by atoms with van der Waals surface area (Å²) in [5, 5.41) is 2.98. The number of aromatic amines is 1. The highest BCUT2D eigenvalue weighted by Crippen LogP contribution is 2.15. The summed E-state index contributed by atoms with van der Waals surface area (Å²) in [7, 11) is 1.85. The fraction of sp³-hybridized carbons (Fsp3) is 0.625. The molecule has 0 radical (unpaired) electrons. The zero-order valence-corrected chi connectivity index (χ0v) is 7.48. The Balaban J connectivity index is 2.40. The molecule has 74 valence electrons. The van der Waals surface area contributed by atoms with Gasteiger partial charge in [0.2, 0.25) is 0 Å². The molecule has 0 aliphatic carbocycles. The topological polar surface area (TPSA) is 40.7 Å². The minimum atomic E-state index is -2.45. The lowest BCUT2D eigenvalue weighted by Crippen LogP contribution is -2.08. The van der Waals surface area contributed by atoms with E-state index in [-0.39, 0.29) is 5.69 Å². The maximum absolute atomic E-state index is 12.1. The van der Waals surface area contributed by atoms with Crippen molar-refractivity contribution in [1.82, 2.24) is 15.3 Å². The van der Waals surface area contributed by atoms with E-state index < -0.39 is 6.43 Å². The molecule has 1 aromatic rings. The molecule has 5 heteroatoms. The molecule has 13 heavy (non-hydrogen) atoms. The Morgan fingerprint density at radius 1 is 1.62 bits per heavy atom. The highest BCUT2D eigenvalue weighted by Gasteiger charge is 2.09. The normalized spacial score (nSPS) is 11.1. The van der Waals surface area contributed by atoms with Crippen LogP contribution in [0.5, 0.6) is 0 Å². The van der Waals surface area contributed by atoms with Gasteiger partial charge in [0.25, 0.3) is 6.43 Å². The van der Waals surface area contributed by atoms with Crippen molar-refractivity contribution in [3.05, 3.63) is 17.7 Å². The van der Waals surface area contributed by atoms with E-state index in [0.29, 0.717) is 12.2 Å². The van der Waals surface area contributed by atoms with Gasteiger partial charge in [0.1, 0.15) is 11.5 Å². The number of aryl methyl sites for hydroxylation is 1. The third-order valence-electron chi connectivity index (χ3n) is 1.72. The van der Waals surface area contributed by atoms with Gasteiger partial charge in [0.15, 0.2) is 0 Å². The fourth-order valence-electron chi connectivity index (χ4n) is 1.05. The second-order valence-corrected chi connectivity index (χ2v) is 2.79. The van der Waals surface area contributed by atoms with Crippen LogP contribution in [0.25, 0.3) is 0 Å². The Kier molecular flexibility index (Phi) is 3.82. The van der Waals surface area contributed by atoms with Crippen molar-refractivity contribution < 1.29 is 8.78 Å². The van der Waals surface area contributed by atoms with Gasteiger partial charge in [-0.05, 0) is 20.0 Å². The number of aromatic nitrogens is 2. The van der Waals surface area contributed by atoms with Gasteiger partial charge in [0, 0.05) is 6.42 Å². The van der Waals surface area contributed by atoms with Crippen LogP contribution in [0.4, 0.5) is 8.78 Å². The number of nitrogens with one attached hydrogen (secondary N) is 2. The summed E-state index contributed by atoms with van der Waals surface area (Å²) in [6, 6.07) is 0. The standard InChI is InChI=1S/C8H13F2N3/c1-11-4-2-3-7-12-5-6(13-7)8(9)10/h5,8,11H,2-4H2,1H3,(H,12,13). The first kappa shape index (κ1) is 10.1. The van der Waals surface area contributed by atoms with Gasteiger partial charge < -0.3 is 10.3 Å². The third kappa shape index (κ3) is 3.10. The van der Waals surface area contributed by atoms with Crippen molar-refractivity contribution in [2.24, 2.45) is 0 Å². The molecule has 0 amide bonds. The number of nitrogens with zero attached hydrogens (tertiary/aromatic N) is 1. The number of hydrogen-bond donors (Lipinski definition) is 2. The van der Waals surface area contributed by atoms with E-state index in [2.05, 4.69) is 15.3 Å². The molecule has 0 aromatic carbocycles. The monoisotopic (exact) mass is 189 g/mol. The first-order valence-corrected chi connectivity index (χ1v) is 4.20. The minimum Gasteiger partial charge on any atom is -0.341 e. The molecule has 0 saturated carbocycles. The van der Waals surface area contributed by atoms with Crippen molar-refractivity contribution in [3.63, 3.8) is 0 Å². The van der Waals surface area contributed by atoms with Crippen LogP contribution in [0.2, 0.25) is 0 Å². The van der Waals surface area contributed by atoms with E-state index in [4.69, 9.17) is 0 Å². The summed E-state index contributed by atoms with van der Waals surface area (Å²) < 4.78 is 24.2. The maximum Gasteiger partial charge on any atom is 0.279 e. The summed E-state index contributed by atoms with van der Waals surface area (Å²) >= 11 is 0. The van der Waals surface area contributed by atoms with E-state index in [0.717, 1.165) is 13.0 Å². The molecular weight excluding hydrogens is 176 g/mol. The Hall–Kier alpha value is -0.970. The quantitative estimate of drug-likeness (QED) is 0.689. The molecule has 1 aromatic heterocycles. The second-order valence-electron chi connectivity index (χ2n) is 2.79. The smallest absolute Gasteiger partial charge is 0.279 e. The van der Waals surface area contributed by atoms with Crippen LogP contribution < -0.4 is 5.32 Å². The van der Waals surface area contributed by atoms with Crippen LogP contribution in [-0.2, 0) is 6.42 Å². The highest BCUT2D eigenvalue weighted by molar-refractivity contribution is 5.02. The fourth-order valence-corrected chi connectivity index (χ4v) is 1.05. The first-order valence-electron chi connectivity index (χ1n) is 4.20. The van der Waals surface area contributed by atoms with Gasteiger partial charge in [0.05, 0.1) is 6.20 Å². The lowest BCUT2D eigenvalue weighted by atomic mass is 10.3. The number of alkyl halides is 2. The van der Waals surface area contributed by atoms with Crippen LogP contribution in [0.15, 0.2) is 6.20 Å². The largest absolute Gasteiger partial charge is 0.341 e. The molecule has 0 atom stereocenters. The zero-order valence-electron chi connectivity index (χ0n) is 7.48. The van der Waals surface area contributed by atoms with Crippen LogP contribution in [0.1, 0.15) is 24.4 Å². The Bertz CT molecular complexity index is 247. The van der Waals surface area contributed by atoms with Crippen molar-refractivity contribution in [1.29, 1.82) is 0 Å². The molecule has 0 spiro atoms. The number of halogens is 2. The van der Waals surface area contributed by atoms with Crippen molar-refractivity contribution in [2.75, 3.05) is 13.6 Å². The van der Waals surface area contributed by atoms with Crippen molar-refractivity contribution >= 4 is 0 Å². The lowest BCUT2D eigenvalue weighted by molar-refractivity contribution is 0.146.